The van der Waals surface area contributed by atoms with Crippen LogP contribution in [-0.2, 0) is 0 Å². The average molecular weight is 276 g/mol. The molecule has 0 saturated carbocycles. The molecule has 0 aliphatic heterocycles. The van der Waals surface area contributed by atoms with Crippen LogP contribution in [0.25, 0.3) is 11.1 Å². The van der Waals surface area contributed by atoms with Crippen LogP contribution >= 0.6 is 0 Å². The lowest BCUT2D eigenvalue weighted by atomic mass is 10.0. The molecule has 2 aromatic rings. The molecule has 1 unspecified atom stereocenters. The first kappa shape index (κ1) is 14.7. The van der Waals surface area contributed by atoms with Gasteiger partial charge in [0.25, 0.3) is 6.01 Å². The Morgan fingerprint density at radius 1 is 1.35 bits per heavy atom. The van der Waals surface area contributed by atoms with Crippen molar-refractivity contribution in [3.8, 4) is 0 Å². The van der Waals surface area contributed by atoms with Gasteiger partial charge in [0.1, 0.15) is 5.52 Å². The molecule has 0 aliphatic rings. The van der Waals surface area contributed by atoms with Crippen LogP contribution in [-0.4, -0.2) is 36.6 Å². The Kier molecular flexibility index (Phi) is 4.49. The van der Waals surface area contributed by atoms with Crippen molar-refractivity contribution in [2.24, 2.45) is 5.92 Å². The number of nitrogens with zero attached hydrogens (tertiary/aromatic N) is 2. The largest absolute Gasteiger partial charge is 0.423 e. The minimum atomic E-state index is 0.305. The molecule has 1 heterocycles. The van der Waals surface area contributed by atoms with Crippen molar-refractivity contribution < 1.29 is 4.42 Å². The van der Waals surface area contributed by atoms with Crippen LogP contribution in [0.4, 0.5) is 11.7 Å². The van der Waals surface area contributed by atoms with Crippen molar-refractivity contribution in [3.63, 3.8) is 0 Å². The van der Waals surface area contributed by atoms with Gasteiger partial charge in [0, 0.05) is 12.6 Å². The first-order valence-electron chi connectivity index (χ1n) is 7.02. The molecule has 0 radical (unpaired) electrons. The van der Waals surface area contributed by atoms with Gasteiger partial charge < -0.3 is 20.4 Å². The van der Waals surface area contributed by atoms with Crippen molar-refractivity contribution in [3.05, 3.63) is 18.2 Å². The summed E-state index contributed by atoms with van der Waals surface area (Å²) in [5.74, 6) is 0.613. The Morgan fingerprint density at radius 2 is 2.10 bits per heavy atom. The number of likely N-dealkylation sites (N-methyl/N-ethyl adjacent to an activating group) is 1. The highest BCUT2D eigenvalue weighted by molar-refractivity contribution is 5.86. The molecule has 1 atom stereocenters. The minimum absolute atomic E-state index is 0.305. The van der Waals surface area contributed by atoms with E-state index in [1.807, 2.05) is 18.2 Å². The zero-order valence-corrected chi connectivity index (χ0v) is 12.7. The summed E-state index contributed by atoms with van der Waals surface area (Å²) in [6.07, 6.45) is 1.06. The first-order chi connectivity index (χ1) is 9.45. The second-order valence-electron chi connectivity index (χ2n) is 5.95. The summed E-state index contributed by atoms with van der Waals surface area (Å²) < 4.78 is 5.72. The molecule has 3 N–H and O–H groups in total. The second kappa shape index (κ2) is 6.13. The molecular weight excluding hydrogens is 252 g/mol. The van der Waals surface area contributed by atoms with E-state index in [9.17, 15) is 0 Å². The Balaban J connectivity index is 2.17. The summed E-state index contributed by atoms with van der Waals surface area (Å²) in [7, 11) is 4.14. The molecule has 0 amide bonds. The number of para-hydroxylation sites is 1. The highest BCUT2D eigenvalue weighted by atomic mass is 16.4. The Morgan fingerprint density at radius 3 is 2.70 bits per heavy atom. The third-order valence-corrected chi connectivity index (χ3v) is 3.12. The maximum Gasteiger partial charge on any atom is 0.296 e. The quantitative estimate of drug-likeness (QED) is 0.794. The topological polar surface area (TPSA) is 67.3 Å². The summed E-state index contributed by atoms with van der Waals surface area (Å²) in [6.45, 7) is 5.37. The Bertz CT molecular complexity index is 552. The van der Waals surface area contributed by atoms with Gasteiger partial charge in [-0.25, -0.2) is 0 Å². The van der Waals surface area contributed by atoms with Crippen LogP contribution < -0.4 is 11.1 Å². The zero-order chi connectivity index (χ0) is 14.7. The highest BCUT2D eigenvalue weighted by Gasteiger charge is 2.15. The number of oxazole rings is 1. The molecule has 5 nitrogen and oxygen atoms in total. The molecule has 0 saturated heterocycles. The molecule has 0 bridgehead atoms. The number of hydrogen-bond acceptors (Lipinski definition) is 5. The number of anilines is 2. The summed E-state index contributed by atoms with van der Waals surface area (Å²) in [5.41, 5.74) is 8.00. The van der Waals surface area contributed by atoms with Gasteiger partial charge in [-0.2, -0.15) is 4.98 Å². The van der Waals surface area contributed by atoms with Gasteiger partial charge in [-0.15, -0.1) is 0 Å². The number of nitrogen functional groups attached to an aromatic ring is 1. The van der Waals surface area contributed by atoms with E-state index >= 15 is 0 Å². The van der Waals surface area contributed by atoms with Gasteiger partial charge in [0.2, 0.25) is 0 Å². The minimum Gasteiger partial charge on any atom is -0.423 e. The third kappa shape index (κ3) is 3.63. The molecular formula is C15H24N4O. The molecule has 2 rings (SSSR count). The maximum atomic E-state index is 5.90. The van der Waals surface area contributed by atoms with Crippen molar-refractivity contribution in [2.75, 3.05) is 31.7 Å². The third-order valence-electron chi connectivity index (χ3n) is 3.12. The lowest BCUT2D eigenvalue weighted by molar-refractivity contribution is 0.352. The number of rotatable bonds is 6. The standard InChI is InChI=1S/C15H24N4O/c1-10(2)8-11(9-19(3)4)17-15-18-14-12(16)6-5-7-13(14)20-15/h5-7,10-11H,8-9,16H2,1-4H3,(H,17,18). The zero-order valence-electron chi connectivity index (χ0n) is 12.7. The van der Waals surface area contributed by atoms with Crippen LogP contribution in [0.3, 0.4) is 0 Å². The predicted octanol–water partition coefficient (Wildman–Crippen LogP) is 2.80. The second-order valence-corrected chi connectivity index (χ2v) is 5.95. The van der Waals surface area contributed by atoms with Crippen molar-refractivity contribution >= 4 is 22.8 Å². The molecule has 5 heteroatoms. The number of hydrogen-bond donors (Lipinski definition) is 2. The fourth-order valence-electron chi connectivity index (χ4n) is 2.40. The lowest BCUT2D eigenvalue weighted by Crippen LogP contribution is -2.33. The summed E-state index contributed by atoms with van der Waals surface area (Å²) in [6, 6.07) is 6.44. The Hall–Kier alpha value is -1.75. The van der Waals surface area contributed by atoms with E-state index in [0.717, 1.165) is 24.1 Å². The number of nitrogens with one attached hydrogen (secondary N) is 1. The molecule has 110 valence electrons. The monoisotopic (exact) mass is 276 g/mol. The van der Waals surface area contributed by atoms with Gasteiger partial charge in [0.05, 0.1) is 5.69 Å². The van der Waals surface area contributed by atoms with Gasteiger partial charge in [0.15, 0.2) is 5.58 Å². The SMILES string of the molecule is CC(C)CC(CN(C)C)Nc1nc2c(N)cccc2o1. The van der Waals surface area contributed by atoms with Crippen LogP contribution in [0.2, 0.25) is 0 Å². The Labute approximate surface area is 120 Å². The summed E-state index contributed by atoms with van der Waals surface area (Å²) in [4.78, 5) is 6.61. The highest BCUT2D eigenvalue weighted by Crippen LogP contribution is 2.24. The van der Waals surface area contributed by atoms with Crippen molar-refractivity contribution in [2.45, 2.75) is 26.3 Å². The fraction of sp³-hybridized carbons (Fsp3) is 0.533. The van der Waals surface area contributed by atoms with Crippen LogP contribution in [0.15, 0.2) is 22.6 Å². The molecule has 20 heavy (non-hydrogen) atoms. The number of aromatic nitrogens is 1. The van der Waals surface area contributed by atoms with Crippen molar-refractivity contribution in [1.82, 2.24) is 9.88 Å². The lowest BCUT2D eigenvalue weighted by Gasteiger charge is -2.23. The van der Waals surface area contributed by atoms with E-state index in [1.54, 1.807) is 0 Å². The smallest absolute Gasteiger partial charge is 0.296 e. The molecule has 0 fully saturated rings. The number of benzene rings is 1. The number of nitrogens with two attached hydrogens (primary N) is 1. The summed E-state index contributed by atoms with van der Waals surface area (Å²) >= 11 is 0. The number of fused-ring (bicyclic) bond motifs is 1. The molecule has 0 aliphatic carbocycles. The predicted molar refractivity (Wildman–Crippen MR) is 83.8 cm³/mol. The normalized spacial score (nSPS) is 13.3. The van der Waals surface area contributed by atoms with Crippen LogP contribution in [0, 0.1) is 5.92 Å². The van der Waals surface area contributed by atoms with Crippen LogP contribution in [0.1, 0.15) is 20.3 Å². The van der Waals surface area contributed by atoms with Gasteiger partial charge >= 0.3 is 0 Å². The van der Waals surface area contributed by atoms with E-state index in [2.05, 4.69) is 43.1 Å². The molecule has 1 aromatic heterocycles. The summed E-state index contributed by atoms with van der Waals surface area (Å²) in [5, 5.41) is 3.38. The van der Waals surface area contributed by atoms with E-state index in [-0.39, 0.29) is 0 Å². The average Bonchev–Trinajstić information content (AvgIpc) is 2.71. The van der Waals surface area contributed by atoms with Gasteiger partial charge in [-0.3, -0.25) is 0 Å². The van der Waals surface area contributed by atoms with Gasteiger partial charge in [-0.1, -0.05) is 19.9 Å². The van der Waals surface area contributed by atoms with Crippen LogP contribution in [0.5, 0.6) is 0 Å². The van der Waals surface area contributed by atoms with Gasteiger partial charge in [-0.05, 0) is 38.6 Å². The molecule has 1 aromatic carbocycles. The molecule has 0 spiro atoms. The van der Waals surface area contributed by atoms with E-state index < -0.39 is 0 Å². The van der Waals surface area contributed by atoms with E-state index in [0.29, 0.717) is 23.7 Å². The fourth-order valence-corrected chi connectivity index (χ4v) is 2.40. The van der Waals surface area contributed by atoms with E-state index in [1.165, 1.54) is 0 Å². The van der Waals surface area contributed by atoms with E-state index in [4.69, 9.17) is 10.2 Å². The van der Waals surface area contributed by atoms with Crippen molar-refractivity contribution in [1.29, 1.82) is 0 Å². The maximum absolute atomic E-state index is 5.90. The first-order valence-corrected chi connectivity index (χ1v) is 7.02.